The maximum atomic E-state index is 13.8. The number of pyridine rings is 1. The lowest BCUT2D eigenvalue weighted by atomic mass is 9.62. The van der Waals surface area contributed by atoms with Gasteiger partial charge in [-0.3, -0.25) is 4.98 Å². The standard InChI is InChI=1S/C24H26F3NO2/c1-14-10-18-19(23(4,5)9-8-22(18,2)3)12-16(14)17-11-15(6-7-21(29)30)28-13-20(17)24(25,26)27/h6-7,10-13H,8-9H2,1-5H3,(H,29,30)/b7-6+. The number of halogens is 3. The molecule has 3 rings (SSSR count). The van der Waals surface area contributed by atoms with Gasteiger partial charge in [0, 0.05) is 12.3 Å². The van der Waals surface area contributed by atoms with Crippen LogP contribution in [0.5, 0.6) is 0 Å². The Balaban J connectivity index is 2.29. The zero-order valence-electron chi connectivity index (χ0n) is 17.8. The summed E-state index contributed by atoms with van der Waals surface area (Å²) in [4.78, 5) is 14.6. The van der Waals surface area contributed by atoms with Crippen molar-refractivity contribution in [3.8, 4) is 11.1 Å². The second-order valence-corrected chi connectivity index (χ2v) is 9.30. The molecule has 3 nitrogen and oxygen atoms in total. The van der Waals surface area contributed by atoms with Crippen LogP contribution in [-0.2, 0) is 21.8 Å². The average Bonchev–Trinajstić information content (AvgIpc) is 2.62. The van der Waals surface area contributed by atoms with E-state index >= 15 is 0 Å². The van der Waals surface area contributed by atoms with E-state index in [4.69, 9.17) is 5.11 Å². The molecule has 1 aliphatic carbocycles. The van der Waals surface area contributed by atoms with Crippen molar-refractivity contribution < 1.29 is 23.1 Å². The maximum Gasteiger partial charge on any atom is 0.418 e. The first-order chi connectivity index (χ1) is 13.7. The zero-order chi connectivity index (χ0) is 22.5. The van der Waals surface area contributed by atoms with Crippen molar-refractivity contribution in [2.45, 2.75) is 64.5 Å². The number of hydrogen-bond acceptors (Lipinski definition) is 2. The molecular formula is C24H26F3NO2. The maximum absolute atomic E-state index is 13.8. The molecule has 0 fully saturated rings. The van der Waals surface area contributed by atoms with E-state index < -0.39 is 17.7 Å². The Bertz CT molecular complexity index is 1030. The highest BCUT2D eigenvalue weighted by atomic mass is 19.4. The number of aryl methyl sites for hydroxylation is 1. The van der Waals surface area contributed by atoms with Crippen molar-refractivity contribution in [3.63, 3.8) is 0 Å². The van der Waals surface area contributed by atoms with Crippen LogP contribution in [0.1, 0.15) is 68.5 Å². The Labute approximate surface area is 174 Å². The first-order valence-corrected chi connectivity index (χ1v) is 9.86. The summed E-state index contributed by atoms with van der Waals surface area (Å²) in [6.07, 6.45) is 0.236. The average molecular weight is 417 g/mol. The number of alkyl halides is 3. The number of carboxylic acids is 1. The lowest BCUT2D eigenvalue weighted by molar-refractivity contribution is -0.137. The van der Waals surface area contributed by atoms with Crippen LogP contribution >= 0.6 is 0 Å². The highest BCUT2D eigenvalue weighted by molar-refractivity contribution is 5.85. The molecule has 1 aromatic heterocycles. The van der Waals surface area contributed by atoms with Crippen LogP contribution in [0.2, 0.25) is 0 Å². The Morgan fingerprint density at radius 1 is 1.03 bits per heavy atom. The van der Waals surface area contributed by atoms with E-state index in [2.05, 4.69) is 32.7 Å². The van der Waals surface area contributed by atoms with Crippen LogP contribution in [0.25, 0.3) is 17.2 Å². The van der Waals surface area contributed by atoms with Crippen LogP contribution in [0.3, 0.4) is 0 Å². The monoisotopic (exact) mass is 417 g/mol. The Morgan fingerprint density at radius 2 is 1.60 bits per heavy atom. The second kappa shape index (κ2) is 7.25. The summed E-state index contributed by atoms with van der Waals surface area (Å²) < 4.78 is 41.3. The van der Waals surface area contributed by atoms with Crippen molar-refractivity contribution in [3.05, 3.63) is 58.4 Å². The fourth-order valence-corrected chi connectivity index (χ4v) is 4.18. The molecular weight excluding hydrogens is 391 g/mol. The van der Waals surface area contributed by atoms with Crippen molar-refractivity contribution in [2.75, 3.05) is 0 Å². The summed E-state index contributed by atoms with van der Waals surface area (Å²) in [7, 11) is 0. The van der Waals surface area contributed by atoms with Crippen LogP contribution in [0.4, 0.5) is 13.2 Å². The number of aliphatic carboxylic acids is 1. The van der Waals surface area contributed by atoms with Gasteiger partial charge in [-0.25, -0.2) is 4.79 Å². The summed E-state index contributed by atoms with van der Waals surface area (Å²) in [5, 5.41) is 8.83. The van der Waals surface area contributed by atoms with E-state index in [1.54, 1.807) is 0 Å². The first-order valence-electron chi connectivity index (χ1n) is 9.86. The van der Waals surface area contributed by atoms with Gasteiger partial charge in [-0.1, -0.05) is 39.8 Å². The molecule has 0 aliphatic heterocycles. The lowest BCUT2D eigenvalue weighted by Gasteiger charge is -2.42. The van der Waals surface area contributed by atoms with E-state index in [0.29, 0.717) is 5.56 Å². The van der Waals surface area contributed by atoms with E-state index in [1.165, 1.54) is 17.7 Å². The van der Waals surface area contributed by atoms with Crippen LogP contribution < -0.4 is 0 Å². The molecule has 1 aliphatic rings. The molecule has 1 aromatic carbocycles. The first kappa shape index (κ1) is 22.1. The molecule has 0 spiro atoms. The molecule has 160 valence electrons. The number of rotatable bonds is 3. The molecule has 2 aromatic rings. The molecule has 1 heterocycles. The normalized spacial score (nSPS) is 17.7. The van der Waals surface area contributed by atoms with Gasteiger partial charge in [0.15, 0.2) is 0 Å². The number of fused-ring (bicyclic) bond motifs is 1. The van der Waals surface area contributed by atoms with Crippen molar-refractivity contribution in [2.24, 2.45) is 0 Å². The van der Waals surface area contributed by atoms with Crippen LogP contribution in [-0.4, -0.2) is 16.1 Å². The minimum absolute atomic E-state index is 0.0158. The molecule has 0 saturated carbocycles. The predicted molar refractivity (Wildman–Crippen MR) is 111 cm³/mol. The van der Waals surface area contributed by atoms with Gasteiger partial charge >= 0.3 is 12.1 Å². The number of carboxylic acid groups (broad SMARTS) is 1. The highest BCUT2D eigenvalue weighted by Gasteiger charge is 2.39. The van der Waals surface area contributed by atoms with E-state index in [0.717, 1.165) is 36.2 Å². The Hall–Kier alpha value is -2.63. The molecule has 0 unspecified atom stereocenters. The SMILES string of the molecule is Cc1cc2c(cc1-c1cc(/C=C/C(=O)O)ncc1C(F)(F)F)C(C)(C)CCC2(C)C. The predicted octanol–water partition coefficient (Wildman–Crippen LogP) is 6.52. The van der Waals surface area contributed by atoms with Crippen molar-refractivity contribution in [1.82, 2.24) is 4.98 Å². The summed E-state index contributed by atoms with van der Waals surface area (Å²) >= 11 is 0. The molecule has 0 saturated heterocycles. The smallest absolute Gasteiger partial charge is 0.418 e. The molecule has 0 atom stereocenters. The second-order valence-electron chi connectivity index (χ2n) is 9.30. The molecule has 1 N–H and O–H groups in total. The number of benzene rings is 1. The number of nitrogens with zero attached hydrogens (tertiary/aromatic N) is 1. The van der Waals surface area contributed by atoms with Gasteiger partial charge in [-0.2, -0.15) is 13.2 Å². The van der Waals surface area contributed by atoms with Gasteiger partial charge in [0.1, 0.15) is 0 Å². The third kappa shape index (κ3) is 4.13. The fourth-order valence-electron chi connectivity index (χ4n) is 4.18. The van der Waals surface area contributed by atoms with Gasteiger partial charge in [-0.05, 0) is 70.6 Å². The third-order valence-corrected chi connectivity index (χ3v) is 6.12. The van der Waals surface area contributed by atoms with Gasteiger partial charge in [0.2, 0.25) is 0 Å². The third-order valence-electron chi connectivity index (χ3n) is 6.12. The van der Waals surface area contributed by atoms with Crippen molar-refractivity contribution >= 4 is 12.0 Å². The zero-order valence-corrected chi connectivity index (χ0v) is 17.8. The Kier molecular flexibility index (Phi) is 5.34. The quantitative estimate of drug-likeness (QED) is 0.578. The molecule has 6 heteroatoms. The highest BCUT2D eigenvalue weighted by Crippen LogP contribution is 2.48. The van der Waals surface area contributed by atoms with Gasteiger partial charge in [-0.15, -0.1) is 0 Å². The number of hydrogen-bond donors (Lipinski definition) is 1. The van der Waals surface area contributed by atoms with Crippen LogP contribution in [0.15, 0.2) is 30.5 Å². The molecule has 0 radical (unpaired) electrons. The van der Waals surface area contributed by atoms with Gasteiger partial charge < -0.3 is 5.11 Å². The van der Waals surface area contributed by atoms with E-state index in [-0.39, 0.29) is 22.1 Å². The molecule has 30 heavy (non-hydrogen) atoms. The minimum atomic E-state index is -4.57. The van der Waals surface area contributed by atoms with E-state index in [9.17, 15) is 18.0 Å². The largest absolute Gasteiger partial charge is 0.478 e. The molecule has 0 amide bonds. The minimum Gasteiger partial charge on any atom is -0.478 e. The topological polar surface area (TPSA) is 50.2 Å². The molecule has 0 bridgehead atoms. The summed E-state index contributed by atoms with van der Waals surface area (Å²) in [6, 6.07) is 5.22. The van der Waals surface area contributed by atoms with E-state index in [1.807, 2.05) is 19.1 Å². The van der Waals surface area contributed by atoms with Crippen molar-refractivity contribution in [1.29, 1.82) is 0 Å². The summed E-state index contributed by atoms with van der Waals surface area (Å²) in [6.45, 7) is 10.4. The summed E-state index contributed by atoms with van der Waals surface area (Å²) in [5.41, 5.74) is 2.65. The number of aromatic nitrogens is 1. The summed E-state index contributed by atoms with van der Waals surface area (Å²) in [5.74, 6) is -1.19. The lowest BCUT2D eigenvalue weighted by Crippen LogP contribution is -2.34. The van der Waals surface area contributed by atoms with Gasteiger partial charge in [0.05, 0.1) is 11.3 Å². The fraction of sp³-hybridized carbons (Fsp3) is 0.417. The number of carbonyl (C=O) groups is 1. The Morgan fingerprint density at radius 3 is 2.13 bits per heavy atom. The van der Waals surface area contributed by atoms with Crippen LogP contribution in [0, 0.1) is 6.92 Å². The van der Waals surface area contributed by atoms with Gasteiger partial charge in [0.25, 0.3) is 0 Å².